The van der Waals surface area contributed by atoms with Crippen molar-refractivity contribution in [2.45, 2.75) is 33.2 Å². The van der Waals surface area contributed by atoms with Crippen LogP contribution in [0.3, 0.4) is 0 Å². The van der Waals surface area contributed by atoms with Gasteiger partial charge in [0.1, 0.15) is 12.4 Å². The number of pyridine rings is 1. The molecule has 0 radical (unpaired) electrons. The highest BCUT2D eigenvalue weighted by molar-refractivity contribution is 5.79. The molecule has 0 spiro atoms. The molecule has 0 aliphatic rings. The number of aryl methyl sites for hydroxylation is 1. The quantitative estimate of drug-likeness (QED) is 0.859. The van der Waals surface area contributed by atoms with Crippen molar-refractivity contribution in [3.63, 3.8) is 0 Å². The van der Waals surface area contributed by atoms with E-state index >= 15 is 0 Å². The molecular formula is C16H22FN2O+. The van der Waals surface area contributed by atoms with Gasteiger partial charge < -0.3 is 9.88 Å². The van der Waals surface area contributed by atoms with Crippen molar-refractivity contribution < 1.29 is 9.29 Å². The van der Waals surface area contributed by atoms with Crippen LogP contribution in [0.5, 0.6) is 0 Å². The summed E-state index contributed by atoms with van der Waals surface area (Å²) in [6.07, 6.45) is 2.29. The standard InChI is InChI=1S/C16H21FN2O/c1-4-5-8-19(3)10-14-11(2)18-15-7-6-12(17)9-13(15)16(14)20/h6-7,9H,4-5,8,10H2,1-3H3,(H,18,20)/p+1. The normalized spacial score (nSPS) is 12.8. The van der Waals surface area contributed by atoms with Crippen molar-refractivity contribution >= 4 is 10.9 Å². The number of halogens is 1. The molecule has 1 unspecified atom stereocenters. The van der Waals surface area contributed by atoms with Crippen molar-refractivity contribution in [2.75, 3.05) is 13.6 Å². The second-order valence-electron chi connectivity index (χ2n) is 5.49. The molecule has 4 heteroatoms. The average Bonchev–Trinajstić information content (AvgIpc) is 2.42. The smallest absolute Gasteiger partial charge is 0.198 e. The molecule has 2 rings (SSSR count). The van der Waals surface area contributed by atoms with Gasteiger partial charge in [0.05, 0.1) is 19.2 Å². The van der Waals surface area contributed by atoms with Crippen LogP contribution in [0.2, 0.25) is 0 Å². The lowest BCUT2D eigenvalue weighted by atomic mass is 10.1. The summed E-state index contributed by atoms with van der Waals surface area (Å²) in [4.78, 5) is 17.0. The van der Waals surface area contributed by atoms with Crippen LogP contribution in [0.4, 0.5) is 4.39 Å². The van der Waals surface area contributed by atoms with Gasteiger partial charge in [-0.3, -0.25) is 4.79 Å². The van der Waals surface area contributed by atoms with Crippen molar-refractivity contribution in [3.8, 4) is 0 Å². The summed E-state index contributed by atoms with van der Waals surface area (Å²) in [5.41, 5.74) is 2.29. The Labute approximate surface area is 118 Å². The predicted octanol–water partition coefficient (Wildman–Crippen LogP) is 1.79. The summed E-state index contributed by atoms with van der Waals surface area (Å²) in [5.74, 6) is -0.371. The third-order valence-electron chi connectivity index (χ3n) is 3.71. The summed E-state index contributed by atoms with van der Waals surface area (Å²) in [6.45, 7) is 5.78. The average molecular weight is 277 g/mol. The van der Waals surface area contributed by atoms with Crippen molar-refractivity contribution in [1.29, 1.82) is 0 Å². The highest BCUT2D eigenvalue weighted by atomic mass is 19.1. The van der Waals surface area contributed by atoms with E-state index in [1.165, 1.54) is 17.0 Å². The van der Waals surface area contributed by atoms with Crippen molar-refractivity contribution in [1.82, 2.24) is 4.98 Å². The highest BCUT2D eigenvalue weighted by Gasteiger charge is 2.14. The number of H-pyrrole nitrogens is 1. The molecule has 0 aliphatic heterocycles. The maximum Gasteiger partial charge on any atom is 0.198 e. The summed E-state index contributed by atoms with van der Waals surface area (Å²) in [6, 6.07) is 4.31. The Morgan fingerprint density at radius 2 is 2.10 bits per heavy atom. The molecule has 2 N–H and O–H groups in total. The first-order valence-electron chi connectivity index (χ1n) is 7.15. The van der Waals surface area contributed by atoms with Gasteiger partial charge in [-0.05, 0) is 31.5 Å². The number of benzene rings is 1. The monoisotopic (exact) mass is 277 g/mol. The van der Waals surface area contributed by atoms with Gasteiger partial charge in [0, 0.05) is 16.6 Å². The van der Waals surface area contributed by atoms with Gasteiger partial charge in [0.15, 0.2) is 5.43 Å². The van der Waals surface area contributed by atoms with E-state index in [0.717, 1.165) is 30.6 Å². The SMILES string of the molecule is CCCC[NH+](C)Cc1c(C)[nH]c2ccc(F)cc2c1=O. The molecule has 20 heavy (non-hydrogen) atoms. The van der Waals surface area contributed by atoms with E-state index in [1.807, 2.05) is 6.92 Å². The third-order valence-corrected chi connectivity index (χ3v) is 3.71. The maximum atomic E-state index is 13.3. The van der Waals surface area contributed by atoms with Gasteiger partial charge in [0.25, 0.3) is 0 Å². The molecule has 2 aromatic rings. The van der Waals surface area contributed by atoms with Crippen LogP contribution in [-0.2, 0) is 6.54 Å². The lowest BCUT2D eigenvalue weighted by Crippen LogP contribution is -3.07. The Hall–Kier alpha value is -1.68. The first kappa shape index (κ1) is 14.7. The number of quaternary nitrogens is 1. The minimum absolute atomic E-state index is 0.0494. The van der Waals surface area contributed by atoms with E-state index in [0.29, 0.717) is 17.4 Å². The molecule has 1 heterocycles. The van der Waals surface area contributed by atoms with Gasteiger partial charge >= 0.3 is 0 Å². The van der Waals surface area contributed by atoms with Crippen LogP contribution < -0.4 is 10.3 Å². The molecule has 0 amide bonds. The summed E-state index contributed by atoms with van der Waals surface area (Å²) >= 11 is 0. The van der Waals surface area contributed by atoms with E-state index in [1.54, 1.807) is 6.07 Å². The fourth-order valence-electron chi connectivity index (χ4n) is 2.51. The Morgan fingerprint density at radius 1 is 1.35 bits per heavy atom. The molecule has 1 aromatic heterocycles. The van der Waals surface area contributed by atoms with E-state index in [4.69, 9.17) is 0 Å². The highest BCUT2D eigenvalue weighted by Crippen LogP contribution is 2.12. The van der Waals surface area contributed by atoms with Gasteiger partial charge in [-0.15, -0.1) is 0 Å². The number of rotatable bonds is 5. The van der Waals surface area contributed by atoms with Crippen LogP contribution in [-0.4, -0.2) is 18.6 Å². The summed E-state index contributed by atoms with van der Waals surface area (Å²) in [5, 5.41) is 0.439. The van der Waals surface area contributed by atoms with E-state index in [2.05, 4.69) is 19.0 Å². The minimum Gasteiger partial charge on any atom is -0.358 e. The lowest BCUT2D eigenvalue weighted by Gasteiger charge is -2.15. The summed E-state index contributed by atoms with van der Waals surface area (Å²) < 4.78 is 13.3. The maximum absolute atomic E-state index is 13.3. The molecule has 0 fully saturated rings. The Bertz CT molecular complexity index is 663. The van der Waals surface area contributed by atoms with Crippen LogP contribution in [0.25, 0.3) is 10.9 Å². The zero-order valence-corrected chi connectivity index (χ0v) is 12.3. The van der Waals surface area contributed by atoms with Gasteiger partial charge in [-0.2, -0.15) is 0 Å². The molecule has 0 aliphatic carbocycles. The molecular weight excluding hydrogens is 255 g/mol. The molecule has 1 atom stereocenters. The first-order valence-corrected chi connectivity index (χ1v) is 7.15. The number of nitrogens with one attached hydrogen (secondary N) is 2. The molecule has 3 nitrogen and oxygen atoms in total. The number of fused-ring (bicyclic) bond motifs is 1. The fraction of sp³-hybridized carbons (Fsp3) is 0.438. The largest absolute Gasteiger partial charge is 0.358 e. The molecule has 1 aromatic carbocycles. The van der Waals surface area contributed by atoms with E-state index in [9.17, 15) is 9.18 Å². The number of unbranched alkanes of at least 4 members (excludes halogenated alkanes) is 1. The molecule has 0 saturated carbocycles. The van der Waals surface area contributed by atoms with Gasteiger partial charge in [-0.1, -0.05) is 13.3 Å². The zero-order valence-electron chi connectivity index (χ0n) is 12.3. The number of aromatic amines is 1. The zero-order chi connectivity index (χ0) is 14.7. The van der Waals surface area contributed by atoms with Crippen molar-refractivity contribution in [2.24, 2.45) is 0 Å². The number of aromatic nitrogens is 1. The second-order valence-corrected chi connectivity index (χ2v) is 5.49. The van der Waals surface area contributed by atoms with Crippen LogP contribution in [0.1, 0.15) is 31.0 Å². The Kier molecular flexibility index (Phi) is 4.55. The number of hydrogen-bond acceptors (Lipinski definition) is 1. The topological polar surface area (TPSA) is 37.3 Å². The third kappa shape index (κ3) is 3.07. The second kappa shape index (κ2) is 6.18. The van der Waals surface area contributed by atoms with Crippen molar-refractivity contribution in [3.05, 3.63) is 45.5 Å². The predicted molar refractivity (Wildman–Crippen MR) is 79.6 cm³/mol. The fourth-order valence-corrected chi connectivity index (χ4v) is 2.51. The Morgan fingerprint density at radius 3 is 2.80 bits per heavy atom. The van der Waals surface area contributed by atoms with E-state index in [-0.39, 0.29) is 11.2 Å². The number of hydrogen-bond donors (Lipinski definition) is 2. The van der Waals surface area contributed by atoms with Crippen LogP contribution in [0, 0.1) is 12.7 Å². The summed E-state index contributed by atoms with van der Waals surface area (Å²) in [7, 11) is 2.09. The van der Waals surface area contributed by atoms with Crippen LogP contribution in [0.15, 0.2) is 23.0 Å². The van der Waals surface area contributed by atoms with Crippen LogP contribution >= 0.6 is 0 Å². The lowest BCUT2D eigenvalue weighted by molar-refractivity contribution is -0.894. The molecule has 0 bridgehead atoms. The van der Waals surface area contributed by atoms with E-state index < -0.39 is 0 Å². The minimum atomic E-state index is -0.371. The van der Waals surface area contributed by atoms with Gasteiger partial charge in [0.2, 0.25) is 0 Å². The molecule has 108 valence electrons. The van der Waals surface area contributed by atoms with Gasteiger partial charge in [-0.25, -0.2) is 4.39 Å². The first-order chi connectivity index (χ1) is 9.52. The Balaban J connectivity index is 2.40. The molecule has 0 saturated heterocycles.